The molecule has 1 amide bonds. The van der Waals surface area contributed by atoms with Gasteiger partial charge in [0, 0.05) is 31.7 Å². The van der Waals surface area contributed by atoms with Gasteiger partial charge in [0.2, 0.25) is 5.91 Å². The number of carbonyl (C=O) groups excluding carboxylic acids is 2. The molecule has 10 nitrogen and oxygen atoms in total. The zero-order valence-electron chi connectivity index (χ0n) is 20.4. The van der Waals surface area contributed by atoms with Gasteiger partial charge < -0.3 is 25.0 Å². The van der Waals surface area contributed by atoms with Gasteiger partial charge in [0.25, 0.3) is 0 Å². The molecule has 1 fully saturated rings. The molecule has 1 saturated heterocycles. The van der Waals surface area contributed by atoms with Gasteiger partial charge in [-0.1, -0.05) is 55.5 Å². The lowest BCUT2D eigenvalue weighted by atomic mass is 9.84. The molecule has 1 aliphatic rings. The van der Waals surface area contributed by atoms with Crippen LogP contribution in [0.2, 0.25) is 0 Å². The number of para-hydroxylation sites is 1. The normalized spacial score (nSPS) is 15.5. The number of esters is 1. The van der Waals surface area contributed by atoms with E-state index in [4.69, 9.17) is 24.5 Å². The first kappa shape index (κ1) is 28.5. The number of methoxy groups -OCH3 is 1. The van der Waals surface area contributed by atoms with Crippen molar-refractivity contribution in [3.63, 3.8) is 0 Å². The van der Waals surface area contributed by atoms with Gasteiger partial charge in [-0.05, 0) is 30.5 Å². The number of carboxylic acids is 2. The number of carbonyl (C=O) groups is 4. The summed E-state index contributed by atoms with van der Waals surface area (Å²) in [7, 11) is 1.37. The molecule has 36 heavy (non-hydrogen) atoms. The van der Waals surface area contributed by atoms with Crippen LogP contribution in [0.3, 0.4) is 0 Å². The van der Waals surface area contributed by atoms with Crippen LogP contribution >= 0.6 is 0 Å². The van der Waals surface area contributed by atoms with Gasteiger partial charge in [-0.25, -0.2) is 14.4 Å². The van der Waals surface area contributed by atoms with Crippen LogP contribution in [0.5, 0.6) is 0 Å². The number of piperidine rings is 1. The number of β-amino-alcohol motifs (C(OH)–C–C–N with tert-alkyl or cyclic N) is 1. The average Bonchev–Trinajstić information content (AvgIpc) is 2.90. The molecule has 194 valence electrons. The number of likely N-dealkylation sites (tertiary alicyclic amines) is 1. The molecule has 1 aliphatic heterocycles. The smallest absolute Gasteiger partial charge is 0.414 e. The van der Waals surface area contributed by atoms with E-state index in [0.29, 0.717) is 44.6 Å². The standard InChI is InChI=1S/C24H30N2O4.C2H2O4/c1-3-22(28)26(20-12-8-5-9-13-20)24(23(29)30-2)14-16-25(17-15-24)18-21(27)19-10-6-4-7-11-19;3-1(4)2(5)6/h4-13,21,27H,3,14-18H2,1-2H3;(H,3,4)(H,5,6). The minimum Gasteiger partial charge on any atom is -0.473 e. The molecular weight excluding hydrogens is 468 g/mol. The van der Waals surface area contributed by atoms with Crippen molar-refractivity contribution >= 4 is 29.5 Å². The van der Waals surface area contributed by atoms with Crippen molar-refractivity contribution in [1.82, 2.24) is 4.90 Å². The van der Waals surface area contributed by atoms with Gasteiger partial charge in [0.1, 0.15) is 5.54 Å². The Hall–Kier alpha value is -3.76. The van der Waals surface area contributed by atoms with E-state index in [-0.39, 0.29) is 5.91 Å². The summed E-state index contributed by atoms with van der Waals surface area (Å²) in [6, 6.07) is 18.9. The zero-order chi connectivity index (χ0) is 26.7. The molecule has 1 unspecified atom stereocenters. The van der Waals surface area contributed by atoms with Crippen molar-refractivity contribution in [1.29, 1.82) is 0 Å². The molecule has 0 bridgehead atoms. The van der Waals surface area contributed by atoms with Crippen LogP contribution in [0.25, 0.3) is 0 Å². The average molecular weight is 501 g/mol. The Balaban J connectivity index is 0.000000678. The predicted octanol–water partition coefficient (Wildman–Crippen LogP) is 2.33. The number of hydrogen-bond donors (Lipinski definition) is 3. The number of aliphatic hydroxyl groups excluding tert-OH is 1. The maximum Gasteiger partial charge on any atom is 0.414 e. The molecule has 2 aromatic carbocycles. The summed E-state index contributed by atoms with van der Waals surface area (Å²) >= 11 is 0. The van der Waals surface area contributed by atoms with E-state index in [0.717, 1.165) is 5.56 Å². The first-order valence-corrected chi connectivity index (χ1v) is 11.5. The Morgan fingerprint density at radius 1 is 0.944 bits per heavy atom. The largest absolute Gasteiger partial charge is 0.473 e. The second-order valence-electron chi connectivity index (χ2n) is 8.28. The van der Waals surface area contributed by atoms with Crippen LogP contribution in [0.1, 0.15) is 37.9 Å². The van der Waals surface area contributed by atoms with E-state index in [1.807, 2.05) is 60.7 Å². The number of aliphatic hydroxyl groups is 1. The number of ether oxygens (including phenoxy) is 1. The SMILES string of the molecule is CCC(=O)N(c1ccccc1)C1(C(=O)OC)CCN(CC(O)c2ccccc2)CC1.O=C(O)C(=O)O. The highest BCUT2D eigenvalue weighted by Crippen LogP contribution is 2.35. The summed E-state index contributed by atoms with van der Waals surface area (Å²) in [5.41, 5.74) is 0.527. The Morgan fingerprint density at radius 2 is 1.44 bits per heavy atom. The van der Waals surface area contributed by atoms with E-state index in [2.05, 4.69) is 4.90 Å². The van der Waals surface area contributed by atoms with Crippen molar-refractivity contribution in [3.05, 3.63) is 66.2 Å². The molecule has 1 atom stereocenters. The second-order valence-corrected chi connectivity index (χ2v) is 8.28. The first-order valence-electron chi connectivity index (χ1n) is 11.5. The predicted molar refractivity (Wildman–Crippen MR) is 131 cm³/mol. The van der Waals surface area contributed by atoms with E-state index in [9.17, 15) is 14.7 Å². The fraction of sp³-hybridized carbons (Fsp3) is 0.385. The Morgan fingerprint density at radius 3 is 1.89 bits per heavy atom. The Labute approximate surface area is 209 Å². The molecule has 0 aromatic heterocycles. The summed E-state index contributed by atoms with van der Waals surface area (Å²) in [6.45, 7) is 3.45. The third kappa shape index (κ3) is 7.12. The van der Waals surface area contributed by atoms with Crippen LogP contribution in [0, 0.1) is 0 Å². The van der Waals surface area contributed by atoms with Crippen molar-refractivity contribution in [2.24, 2.45) is 0 Å². The number of amides is 1. The molecule has 1 heterocycles. The first-order chi connectivity index (χ1) is 17.2. The van der Waals surface area contributed by atoms with Crippen molar-refractivity contribution < 1.29 is 39.2 Å². The lowest BCUT2D eigenvalue weighted by Crippen LogP contribution is -2.62. The summed E-state index contributed by atoms with van der Waals surface area (Å²) < 4.78 is 5.18. The Bertz CT molecular complexity index is 1010. The number of benzene rings is 2. The molecule has 0 radical (unpaired) electrons. The van der Waals surface area contributed by atoms with Crippen LogP contribution in [-0.2, 0) is 23.9 Å². The third-order valence-electron chi connectivity index (χ3n) is 6.04. The van der Waals surface area contributed by atoms with Gasteiger partial charge in [0.05, 0.1) is 13.2 Å². The maximum atomic E-state index is 13.0. The van der Waals surface area contributed by atoms with Crippen LogP contribution in [-0.4, -0.2) is 76.3 Å². The number of anilines is 1. The third-order valence-corrected chi connectivity index (χ3v) is 6.04. The highest BCUT2D eigenvalue weighted by atomic mass is 16.5. The van der Waals surface area contributed by atoms with E-state index >= 15 is 0 Å². The number of aliphatic carboxylic acids is 2. The number of nitrogens with zero attached hydrogens (tertiary/aromatic N) is 2. The zero-order valence-corrected chi connectivity index (χ0v) is 20.4. The van der Waals surface area contributed by atoms with E-state index in [1.54, 1.807) is 11.8 Å². The maximum absolute atomic E-state index is 13.0. The molecule has 3 N–H and O–H groups in total. The minimum absolute atomic E-state index is 0.107. The highest BCUT2D eigenvalue weighted by molar-refractivity contribution is 6.27. The second kappa shape index (κ2) is 13.4. The quantitative estimate of drug-likeness (QED) is 0.385. The molecule has 0 spiro atoms. The molecule has 0 saturated carbocycles. The molecule has 0 aliphatic carbocycles. The van der Waals surface area contributed by atoms with Gasteiger partial charge >= 0.3 is 17.9 Å². The summed E-state index contributed by atoms with van der Waals surface area (Å²) in [4.78, 5) is 47.9. The van der Waals surface area contributed by atoms with Gasteiger partial charge in [-0.3, -0.25) is 9.69 Å². The monoisotopic (exact) mass is 500 g/mol. The Kier molecular flexibility index (Phi) is 10.6. The molecule has 3 rings (SSSR count). The minimum atomic E-state index is -1.82. The van der Waals surface area contributed by atoms with Gasteiger partial charge in [-0.2, -0.15) is 0 Å². The van der Waals surface area contributed by atoms with Gasteiger partial charge in [-0.15, -0.1) is 0 Å². The van der Waals surface area contributed by atoms with Gasteiger partial charge in [0.15, 0.2) is 0 Å². The van der Waals surface area contributed by atoms with Crippen LogP contribution in [0.4, 0.5) is 5.69 Å². The lowest BCUT2D eigenvalue weighted by Gasteiger charge is -2.46. The van der Waals surface area contributed by atoms with Crippen molar-refractivity contribution in [2.75, 3.05) is 31.6 Å². The number of hydrogen-bond acceptors (Lipinski definition) is 7. The molecular formula is C26H32N2O8. The fourth-order valence-corrected chi connectivity index (χ4v) is 4.20. The summed E-state index contributed by atoms with van der Waals surface area (Å²) in [5.74, 6) is -4.15. The highest BCUT2D eigenvalue weighted by Gasteiger charge is 2.49. The van der Waals surface area contributed by atoms with E-state index in [1.165, 1.54) is 7.11 Å². The number of carboxylic acid groups (broad SMARTS) is 2. The fourth-order valence-electron chi connectivity index (χ4n) is 4.20. The van der Waals surface area contributed by atoms with Crippen molar-refractivity contribution in [3.8, 4) is 0 Å². The molecule has 2 aromatic rings. The summed E-state index contributed by atoms with van der Waals surface area (Å²) in [6.07, 6.45) is 0.590. The summed E-state index contributed by atoms with van der Waals surface area (Å²) in [5, 5.41) is 25.4. The topological polar surface area (TPSA) is 145 Å². The van der Waals surface area contributed by atoms with Crippen molar-refractivity contribution in [2.45, 2.75) is 37.8 Å². The van der Waals surface area contributed by atoms with Crippen LogP contribution < -0.4 is 4.90 Å². The van der Waals surface area contributed by atoms with Crippen LogP contribution in [0.15, 0.2) is 60.7 Å². The molecule has 10 heteroatoms. The number of rotatable bonds is 7. The lowest BCUT2D eigenvalue weighted by molar-refractivity contribution is -0.159. The van der Waals surface area contributed by atoms with E-state index < -0.39 is 29.6 Å².